The minimum absolute atomic E-state index is 0.177. The lowest BCUT2D eigenvalue weighted by Crippen LogP contribution is -2.42. The third kappa shape index (κ3) is 3.05. The Morgan fingerprint density at radius 3 is 2.95 bits per heavy atom. The molecule has 2 aromatic rings. The van der Waals surface area contributed by atoms with Crippen molar-refractivity contribution >= 4 is 23.5 Å². The van der Waals surface area contributed by atoms with Gasteiger partial charge in [-0.15, -0.1) is 11.3 Å². The quantitative estimate of drug-likeness (QED) is 0.699. The average Bonchev–Trinajstić information content (AvgIpc) is 2.92. The van der Waals surface area contributed by atoms with E-state index in [4.69, 9.17) is 9.47 Å². The van der Waals surface area contributed by atoms with E-state index in [-0.39, 0.29) is 12.5 Å². The van der Waals surface area contributed by atoms with Gasteiger partial charge in [0.15, 0.2) is 11.5 Å². The van der Waals surface area contributed by atoms with E-state index >= 15 is 0 Å². The summed E-state index contributed by atoms with van der Waals surface area (Å²) in [6, 6.07) is 9.27. The highest BCUT2D eigenvalue weighted by atomic mass is 32.1. The number of benzene rings is 1. The topological polar surface area (TPSA) is 59.9 Å². The first-order valence-electron chi connectivity index (χ1n) is 6.49. The predicted molar refractivity (Wildman–Crippen MR) is 81.1 cm³/mol. The molecule has 0 unspecified atom stereocenters. The van der Waals surface area contributed by atoms with Gasteiger partial charge < -0.3 is 9.47 Å². The number of nitrogens with one attached hydrogen (secondary N) is 1. The first kappa shape index (κ1) is 13.6. The summed E-state index contributed by atoms with van der Waals surface area (Å²) < 4.78 is 11.1. The summed E-state index contributed by atoms with van der Waals surface area (Å²) in [4.78, 5) is 13.0. The van der Waals surface area contributed by atoms with Gasteiger partial charge in [0.25, 0.3) is 5.91 Å². The zero-order valence-corrected chi connectivity index (χ0v) is 12.2. The number of carbonyl (C=O) groups is 1. The molecule has 2 heterocycles. The highest BCUT2D eigenvalue weighted by Crippen LogP contribution is 2.30. The second kappa shape index (κ2) is 5.97. The molecule has 5 nitrogen and oxygen atoms in total. The van der Waals surface area contributed by atoms with Crippen LogP contribution < -0.4 is 14.9 Å². The molecule has 0 saturated carbocycles. The normalized spacial score (nSPS) is 16.9. The molecule has 1 amide bonds. The Hall–Kier alpha value is -2.34. The Morgan fingerprint density at radius 2 is 2.19 bits per heavy atom. The minimum Gasteiger partial charge on any atom is -0.485 e. The van der Waals surface area contributed by atoms with E-state index in [1.165, 1.54) is 0 Å². The van der Waals surface area contributed by atoms with Gasteiger partial charge in [-0.05, 0) is 36.1 Å². The number of fused-ring (bicyclic) bond motifs is 1. The fourth-order valence-corrected chi connectivity index (χ4v) is 2.68. The van der Waals surface area contributed by atoms with Crippen molar-refractivity contribution in [2.45, 2.75) is 13.0 Å². The number of nitrogens with zero attached hydrogens (tertiary/aromatic N) is 1. The SMILES string of the molecule is Cc1ccsc1/C=N\NC(=O)[C@H]1COc2ccccc2O1. The van der Waals surface area contributed by atoms with Crippen molar-refractivity contribution in [1.82, 2.24) is 5.43 Å². The molecule has 0 spiro atoms. The summed E-state index contributed by atoms with van der Waals surface area (Å²) in [6.45, 7) is 2.17. The van der Waals surface area contributed by atoms with Gasteiger partial charge in [-0.1, -0.05) is 12.1 Å². The van der Waals surface area contributed by atoms with Gasteiger partial charge in [-0.2, -0.15) is 5.10 Å². The van der Waals surface area contributed by atoms with Crippen LogP contribution >= 0.6 is 11.3 Å². The van der Waals surface area contributed by atoms with Crippen LogP contribution in [0.2, 0.25) is 0 Å². The third-order valence-corrected chi connectivity index (χ3v) is 4.01. The number of hydrazone groups is 1. The van der Waals surface area contributed by atoms with Crippen LogP contribution in [0.25, 0.3) is 0 Å². The van der Waals surface area contributed by atoms with E-state index in [9.17, 15) is 4.79 Å². The molecule has 1 aliphatic rings. The Balaban J connectivity index is 1.60. The third-order valence-electron chi connectivity index (χ3n) is 3.06. The molecule has 0 fully saturated rings. The average molecular weight is 302 g/mol. The predicted octanol–water partition coefficient (Wildman–Crippen LogP) is 2.35. The molecule has 108 valence electrons. The zero-order chi connectivity index (χ0) is 14.7. The monoisotopic (exact) mass is 302 g/mol. The lowest BCUT2D eigenvalue weighted by atomic mass is 10.2. The highest BCUT2D eigenvalue weighted by Gasteiger charge is 2.26. The van der Waals surface area contributed by atoms with Crippen LogP contribution in [0.4, 0.5) is 0 Å². The smallest absolute Gasteiger partial charge is 0.284 e. The van der Waals surface area contributed by atoms with E-state index in [0.717, 1.165) is 10.4 Å². The maximum absolute atomic E-state index is 12.0. The Kier molecular flexibility index (Phi) is 3.87. The van der Waals surface area contributed by atoms with Crippen molar-refractivity contribution in [3.05, 3.63) is 46.2 Å². The molecule has 1 aliphatic heterocycles. The standard InChI is InChI=1S/C15H14N2O3S/c1-10-6-7-21-14(10)8-16-17-15(18)13-9-19-11-4-2-3-5-12(11)20-13/h2-8,13H,9H2,1H3,(H,17,18)/b16-8-/t13-/m1/s1. The van der Waals surface area contributed by atoms with Gasteiger partial charge in [0, 0.05) is 4.88 Å². The molecule has 1 aromatic carbocycles. The molecule has 1 N–H and O–H groups in total. The largest absolute Gasteiger partial charge is 0.485 e. The lowest BCUT2D eigenvalue weighted by molar-refractivity contribution is -0.130. The van der Waals surface area contributed by atoms with Crippen LogP contribution in [-0.2, 0) is 4.79 Å². The van der Waals surface area contributed by atoms with Gasteiger partial charge in [0.2, 0.25) is 6.10 Å². The van der Waals surface area contributed by atoms with E-state index in [2.05, 4.69) is 10.5 Å². The van der Waals surface area contributed by atoms with Crippen LogP contribution in [0.5, 0.6) is 11.5 Å². The van der Waals surface area contributed by atoms with E-state index < -0.39 is 6.10 Å². The zero-order valence-electron chi connectivity index (χ0n) is 11.4. The molecule has 21 heavy (non-hydrogen) atoms. The number of rotatable bonds is 3. The Labute approximate surface area is 126 Å². The molecule has 0 bridgehead atoms. The fourth-order valence-electron chi connectivity index (χ4n) is 1.89. The van der Waals surface area contributed by atoms with Crippen LogP contribution in [0.1, 0.15) is 10.4 Å². The number of aryl methyl sites for hydroxylation is 1. The Morgan fingerprint density at radius 1 is 1.38 bits per heavy atom. The van der Waals surface area contributed by atoms with Crippen molar-refractivity contribution in [2.24, 2.45) is 5.10 Å². The molecule has 6 heteroatoms. The molecule has 1 aromatic heterocycles. The first-order chi connectivity index (χ1) is 10.2. The second-order valence-corrected chi connectivity index (χ2v) is 5.51. The number of hydrogen-bond acceptors (Lipinski definition) is 5. The summed E-state index contributed by atoms with van der Waals surface area (Å²) in [6.07, 6.45) is 0.941. The number of carbonyl (C=O) groups excluding carboxylic acids is 1. The number of para-hydroxylation sites is 2. The van der Waals surface area contributed by atoms with Crippen LogP contribution in [0, 0.1) is 6.92 Å². The second-order valence-electron chi connectivity index (χ2n) is 4.57. The number of hydrogen-bond donors (Lipinski definition) is 1. The van der Waals surface area contributed by atoms with E-state index in [1.54, 1.807) is 29.7 Å². The van der Waals surface area contributed by atoms with Crippen LogP contribution in [-0.4, -0.2) is 24.8 Å². The fraction of sp³-hybridized carbons (Fsp3) is 0.200. The first-order valence-corrected chi connectivity index (χ1v) is 7.37. The maximum atomic E-state index is 12.0. The summed E-state index contributed by atoms with van der Waals surface area (Å²) in [5.41, 5.74) is 3.61. The molecule has 0 radical (unpaired) electrons. The maximum Gasteiger partial charge on any atom is 0.284 e. The lowest BCUT2D eigenvalue weighted by Gasteiger charge is -2.24. The van der Waals surface area contributed by atoms with Crippen molar-refractivity contribution in [3.8, 4) is 11.5 Å². The summed E-state index contributed by atoms with van der Waals surface area (Å²) in [5, 5.41) is 5.94. The van der Waals surface area contributed by atoms with Crippen molar-refractivity contribution < 1.29 is 14.3 Å². The summed E-state index contributed by atoms with van der Waals surface area (Å²) >= 11 is 1.57. The Bertz CT molecular complexity index is 681. The van der Waals surface area contributed by atoms with Gasteiger partial charge >= 0.3 is 0 Å². The molecule has 0 saturated heterocycles. The van der Waals surface area contributed by atoms with E-state index in [1.807, 2.05) is 30.5 Å². The van der Waals surface area contributed by atoms with Crippen molar-refractivity contribution in [1.29, 1.82) is 0 Å². The summed E-state index contributed by atoms with van der Waals surface area (Å²) in [5.74, 6) is 0.899. The van der Waals surface area contributed by atoms with E-state index in [0.29, 0.717) is 11.5 Å². The highest BCUT2D eigenvalue weighted by molar-refractivity contribution is 7.11. The summed E-state index contributed by atoms with van der Waals surface area (Å²) in [7, 11) is 0. The molecule has 1 atom stereocenters. The van der Waals surface area contributed by atoms with Crippen molar-refractivity contribution in [2.75, 3.05) is 6.61 Å². The minimum atomic E-state index is -0.693. The van der Waals surface area contributed by atoms with Gasteiger partial charge in [0.1, 0.15) is 6.61 Å². The molecular formula is C15H14N2O3S. The van der Waals surface area contributed by atoms with Crippen molar-refractivity contribution in [3.63, 3.8) is 0 Å². The number of ether oxygens (including phenoxy) is 2. The van der Waals surface area contributed by atoms with Gasteiger partial charge in [-0.25, -0.2) is 5.43 Å². The van der Waals surface area contributed by atoms with Crippen LogP contribution in [0.15, 0.2) is 40.8 Å². The number of amides is 1. The number of thiophene rings is 1. The van der Waals surface area contributed by atoms with Gasteiger partial charge in [-0.3, -0.25) is 4.79 Å². The molecule has 3 rings (SSSR count). The molecular weight excluding hydrogens is 288 g/mol. The van der Waals surface area contributed by atoms with Crippen LogP contribution in [0.3, 0.4) is 0 Å². The molecule has 0 aliphatic carbocycles. The van der Waals surface area contributed by atoms with Gasteiger partial charge in [0.05, 0.1) is 6.21 Å².